The summed E-state index contributed by atoms with van der Waals surface area (Å²) in [5.41, 5.74) is 4.66. The van der Waals surface area contributed by atoms with Gasteiger partial charge in [-0.2, -0.15) is 5.10 Å². The van der Waals surface area contributed by atoms with Crippen LogP contribution >= 0.6 is 11.6 Å². The fourth-order valence-electron chi connectivity index (χ4n) is 4.28. The molecule has 1 aromatic heterocycles. The molecule has 3 aromatic rings. The maximum Gasteiger partial charge on any atom is 0.261 e. The van der Waals surface area contributed by atoms with E-state index in [2.05, 4.69) is 15.7 Å². The van der Waals surface area contributed by atoms with Crippen molar-refractivity contribution in [2.75, 3.05) is 10.6 Å². The van der Waals surface area contributed by atoms with Crippen LogP contribution in [0.3, 0.4) is 0 Å². The monoisotopic (exact) mass is 432 g/mol. The highest BCUT2D eigenvalue weighted by Gasteiger charge is 2.37. The maximum absolute atomic E-state index is 13.1. The molecule has 1 atom stereocenters. The fourth-order valence-corrected chi connectivity index (χ4v) is 4.41. The van der Waals surface area contributed by atoms with Gasteiger partial charge in [-0.3, -0.25) is 9.59 Å². The van der Waals surface area contributed by atoms with E-state index in [-0.39, 0.29) is 11.7 Å². The molecule has 0 fully saturated rings. The lowest BCUT2D eigenvalue weighted by molar-refractivity contribution is -0.116. The Kier molecular flexibility index (Phi) is 4.87. The molecule has 31 heavy (non-hydrogen) atoms. The van der Waals surface area contributed by atoms with Gasteiger partial charge in [0, 0.05) is 28.4 Å². The first-order valence-corrected chi connectivity index (χ1v) is 10.6. The number of allylic oxidation sites excluding steroid dienone is 2. The Hall–Kier alpha value is -3.38. The molecule has 156 valence electrons. The lowest BCUT2D eigenvalue weighted by atomic mass is 9.85. The summed E-state index contributed by atoms with van der Waals surface area (Å²) in [6.07, 6.45) is 3.62. The van der Waals surface area contributed by atoms with E-state index < -0.39 is 6.04 Å². The second kappa shape index (κ2) is 7.71. The number of Topliss-reactive ketones (excluding diaryl/α,β-unsaturated/α-hetero) is 1. The standard InChI is InChI=1S/C24H21ClN4O2/c1-14-5-2-3-6-18(14)28-24(31)17-13-26-29-22(15-9-11-16(25)12-10-15)21-19(27-23(17)29)7-4-8-20(21)30/h2-3,5-6,9-13,22,27H,4,7-8H2,1H3,(H,28,31). The van der Waals surface area contributed by atoms with Gasteiger partial charge in [0.2, 0.25) is 0 Å². The van der Waals surface area contributed by atoms with Gasteiger partial charge in [-0.15, -0.1) is 0 Å². The van der Waals surface area contributed by atoms with Crippen molar-refractivity contribution in [3.63, 3.8) is 0 Å². The van der Waals surface area contributed by atoms with Crippen molar-refractivity contribution in [2.24, 2.45) is 0 Å². The lowest BCUT2D eigenvalue weighted by Crippen LogP contribution is -2.32. The molecule has 0 spiro atoms. The van der Waals surface area contributed by atoms with Crippen LogP contribution in [0.1, 0.15) is 46.8 Å². The minimum absolute atomic E-state index is 0.112. The van der Waals surface area contributed by atoms with Crippen molar-refractivity contribution in [2.45, 2.75) is 32.2 Å². The molecule has 0 saturated heterocycles. The number of aryl methyl sites for hydroxylation is 1. The summed E-state index contributed by atoms with van der Waals surface area (Å²) in [7, 11) is 0. The molecule has 1 amide bonds. The van der Waals surface area contributed by atoms with Crippen LogP contribution in [0.2, 0.25) is 5.02 Å². The van der Waals surface area contributed by atoms with E-state index in [0.29, 0.717) is 22.8 Å². The molecule has 2 N–H and O–H groups in total. The number of nitrogens with one attached hydrogen (secondary N) is 2. The number of benzene rings is 2. The zero-order chi connectivity index (χ0) is 21.5. The number of carbonyl (C=O) groups is 2. The van der Waals surface area contributed by atoms with E-state index in [1.807, 2.05) is 43.3 Å². The Morgan fingerprint density at radius 1 is 1.16 bits per heavy atom. The molecule has 7 heteroatoms. The zero-order valence-electron chi connectivity index (χ0n) is 17.0. The predicted molar refractivity (Wildman–Crippen MR) is 120 cm³/mol. The molecular formula is C24H21ClN4O2. The molecule has 1 unspecified atom stereocenters. The molecule has 2 aromatic carbocycles. The molecule has 1 aliphatic carbocycles. The largest absolute Gasteiger partial charge is 0.343 e. The number of hydrogen-bond donors (Lipinski definition) is 2. The third-order valence-electron chi connectivity index (χ3n) is 5.86. The lowest BCUT2D eigenvalue weighted by Gasteiger charge is -2.33. The highest BCUT2D eigenvalue weighted by Crippen LogP contribution is 2.41. The number of halogens is 1. The van der Waals surface area contributed by atoms with E-state index >= 15 is 0 Å². The highest BCUT2D eigenvalue weighted by atomic mass is 35.5. The Morgan fingerprint density at radius 2 is 1.94 bits per heavy atom. The minimum atomic E-state index is -0.392. The van der Waals surface area contributed by atoms with Gasteiger partial charge in [-0.25, -0.2) is 4.68 Å². The molecule has 0 saturated carbocycles. The van der Waals surface area contributed by atoms with Crippen LogP contribution in [0.25, 0.3) is 0 Å². The van der Waals surface area contributed by atoms with E-state index in [1.54, 1.807) is 23.0 Å². The number of para-hydroxylation sites is 1. The number of anilines is 2. The number of rotatable bonds is 3. The summed E-state index contributed by atoms with van der Waals surface area (Å²) in [6, 6.07) is 14.7. The minimum Gasteiger partial charge on any atom is -0.343 e. The van der Waals surface area contributed by atoms with Gasteiger partial charge in [0.1, 0.15) is 17.4 Å². The van der Waals surface area contributed by atoms with Crippen molar-refractivity contribution < 1.29 is 9.59 Å². The second-order valence-corrected chi connectivity index (χ2v) is 8.30. The zero-order valence-corrected chi connectivity index (χ0v) is 17.7. The van der Waals surface area contributed by atoms with Crippen LogP contribution in [0.5, 0.6) is 0 Å². The van der Waals surface area contributed by atoms with E-state index in [1.165, 1.54) is 0 Å². The van der Waals surface area contributed by atoms with Gasteiger partial charge >= 0.3 is 0 Å². The van der Waals surface area contributed by atoms with Crippen molar-refractivity contribution in [1.29, 1.82) is 0 Å². The Bertz CT molecular complexity index is 1230. The summed E-state index contributed by atoms with van der Waals surface area (Å²) < 4.78 is 1.73. The first kappa shape index (κ1) is 19.6. The Morgan fingerprint density at radius 3 is 2.71 bits per heavy atom. The average Bonchev–Trinajstić information content (AvgIpc) is 3.18. The second-order valence-electron chi connectivity index (χ2n) is 7.87. The van der Waals surface area contributed by atoms with E-state index in [9.17, 15) is 9.59 Å². The van der Waals surface area contributed by atoms with E-state index in [0.717, 1.165) is 40.9 Å². The summed E-state index contributed by atoms with van der Waals surface area (Å²) in [4.78, 5) is 26.0. The molecule has 5 rings (SSSR count). The Balaban J connectivity index is 1.58. The molecule has 6 nitrogen and oxygen atoms in total. The van der Waals surface area contributed by atoms with Crippen LogP contribution in [-0.2, 0) is 4.79 Å². The van der Waals surface area contributed by atoms with Crippen molar-refractivity contribution >= 4 is 34.8 Å². The molecule has 2 heterocycles. The van der Waals surface area contributed by atoms with Gasteiger partial charge in [0.15, 0.2) is 5.78 Å². The number of nitrogens with zero attached hydrogens (tertiary/aromatic N) is 2. The fraction of sp³-hybridized carbons (Fsp3) is 0.208. The average molecular weight is 433 g/mol. The number of ketones is 1. The number of hydrogen-bond acceptors (Lipinski definition) is 4. The number of amides is 1. The predicted octanol–water partition coefficient (Wildman–Crippen LogP) is 5.12. The van der Waals surface area contributed by atoms with Crippen molar-refractivity contribution in [3.05, 3.63) is 87.7 Å². The first-order chi connectivity index (χ1) is 15.0. The van der Waals surface area contributed by atoms with Gasteiger partial charge in [-0.05, 0) is 49.1 Å². The van der Waals surface area contributed by atoms with Gasteiger partial charge in [-0.1, -0.05) is 41.9 Å². The molecule has 0 radical (unpaired) electrons. The third-order valence-corrected chi connectivity index (χ3v) is 6.11. The van der Waals surface area contributed by atoms with Crippen LogP contribution in [0.4, 0.5) is 11.5 Å². The van der Waals surface area contributed by atoms with Crippen LogP contribution in [-0.4, -0.2) is 21.5 Å². The molecular weight excluding hydrogens is 412 g/mol. The van der Waals surface area contributed by atoms with Crippen LogP contribution in [0, 0.1) is 6.92 Å². The summed E-state index contributed by atoms with van der Waals surface area (Å²) in [6.45, 7) is 1.95. The molecule has 1 aliphatic heterocycles. The van der Waals surface area contributed by atoms with Crippen LogP contribution in [0.15, 0.2) is 66.0 Å². The summed E-state index contributed by atoms with van der Waals surface area (Å²) in [5, 5.41) is 11.5. The quantitative estimate of drug-likeness (QED) is 0.602. The van der Waals surface area contributed by atoms with Crippen LogP contribution < -0.4 is 10.6 Å². The van der Waals surface area contributed by atoms with Gasteiger partial charge < -0.3 is 10.6 Å². The maximum atomic E-state index is 13.1. The van der Waals surface area contributed by atoms with Gasteiger partial charge in [0.05, 0.1) is 6.20 Å². The number of aromatic nitrogens is 2. The molecule has 2 aliphatic rings. The molecule has 0 bridgehead atoms. The Labute approximate surface area is 184 Å². The smallest absolute Gasteiger partial charge is 0.261 e. The SMILES string of the molecule is Cc1ccccc1NC(=O)c1cnn2c1NC1=C(C(=O)CCC1)C2c1ccc(Cl)cc1. The highest BCUT2D eigenvalue weighted by molar-refractivity contribution is 6.30. The first-order valence-electron chi connectivity index (χ1n) is 10.3. The van der Waals surface area contributed by atoms with E-state index in [4.69, 9.17) is 11.6 Å². The normalized spacial score (nSPS) is 17.6. The summed E-state index contributed by atoms with van der Waals surface area (Å²) >= 11 is 6.09. The number of carbonyl (C=O) groups excluding carboxylic acids is 2. The summed E-state index contributed by atoms with van der Waals surface area (Å²) in [5.74, 6) is 0.462. The van der Waals surface area contributed by atoms with Crippen molar-refractivity contribution in [3.8, 4) is 0 Å². The number of fused-ring (bicyclic) bond motifs is 1. The topological polar surface area (TPSA) is 76.0 Å². The van der Waals surface area contributed by atoms with Gasteiger partial charge in [0.25, 0.3) is 5.91 Å². The van der Waals surface area contributed by atoms with Crippen molar-refractivity contribution in [1.82, 2.24) is 9.78 Å². The third kappa shape index (κ3) is 3.43.